The van der Waals surface area contributed by atoms with Gasteiger partial charge < -0.3 is 14.8 Å². The fourth-order valence-corrected chi connectivity index (χ4v) is 3.23. The van der Waals surface area contributed by atoms with E-state index in [1.807, 2.05) is 6.92 Å². The highest BCUT2D eigenvalue weighted by molar-refractivity contribution is 5.92. The van der Waals surface area contributed by atoms with Crippen LogP contribution in [0.2, 0.25) is 0 Å². The van der Waals surface area contributed by atoms with Gasteiger partial charge in [-0.25, -0.2) is 0 Å². The molecule has 1 N–H and O–H groups in total. The predicted octanol–water partition coefficient (Wildman–Crippen LogP) is 5.64. The molecule has 162 valence electrons. The van der Waals surface area contributed by atoms with Crippen molar-refractivity contribution in [2.45, 2.75) is 84.5 Å². The molecule has 1 aromatic carbocycles. The molecule has 0 fully saturated rings. The Bertz CT molecular complexity index is 589. The first-order valence-electron chi connectivity index (χ1n) is 10.8. The molecule has 6 nitrogen and oxygen atoms in total. The fraction of sp³-hybridized carbons (Fsp3) is 0.609. The van der Waals surface area contributed by atoms with Crippen LogP contribution in [0.5, 0.6) is 11.5 Å². The van der Waals surface area contributed by atoms with Crippen LogP contribution < -0.4 is 14.8 Å². The van der Waals surface area contributed by atoms with E-state index in [4.69, 9.17) is 9.47 Å². The van der Waals surface area contributed by atoms with E-state index in [1.165, 1.54) is 69.6 Å². The lowest BCUT2D eigenvalue weighted by Crippen LogP contribution is -2.20. The summed E-state index contributed by atoms with van der Waals surface area (Å²) in [5.74, 6) is 0.144. The zero-order valence-corrected chi connectivity index (χ0v) is 17.8. The standard InChI is InChI=1S/C23H35NO5/c1-3-4-5-6-7-8-9-10-11-12-13-19(2)23(27)24-20-14-21(28-17-25)16-22(15-20)29-18-26/h14-19H,3-13H2,1-2H3,(H,24,27). The Morgan fingerprint density at radius 1 is 0.862 bits per heavy atom. The maximum atomic E-state index is 12.4. The molecule has 1 aromatic rings. The third-order valence-corrected chi connectivity index (χ3v) is 4.95. The summed E-state index contributed by atoms with van der Waals surface area (Å²) in [6.45, 7) is 4.69. The number of anilines is 1. The number of ether oxygens (including phenoxy) is 2. The molecular formula is C23H35NO5. The van der Waals surface area contributed by atoms with Gasteiger partial charge in [0.25, 0.3) is 12.9 Å². The molecule has 0 saturated heterocycles. The number of hydrogen-bond donors (Lipinski definition) is 1. The van der Waals surface area contributed by atoms with Crippen LogP contribution in [0.15, 0.2) is 18.2 Å². The van der Waals surface area contributed by atoms with E-state index in [1.54, 1.807) is 0 Å². The third-order valence-electron chi connectivity index (χ3n) is 4.95. The fourth-order valence-electron chi connectivity index (χ4n) is 3.23. The summed E-state index contributed by atoms with van der Waals surface area (Å²) < 4.78 is 9.57. The number of unbranched alkanes of at least 4 members (excludes halogenated alkanes) is 9. The Hall–Kier alpha value is -2.37. The summed E-state index contributed by atoms with van der Waals surface area (Å²) in [7, 11) is 0. The van der Waals surface area contributed by atoms with Gasteiger partial charge in [0.1, 0.15) is 11.5 Å². The molecule has 6 heteroatoms. The van der Waals surface area contributed by atoms with Crippen molar-refractivity contribution in [3.05, 3.63) is 18.2 Å². The van der Waals surface area contributed by atoms with E-state index >= 15 is 0 Å². The number of hydrogen-bond acceptors (Lipinski definition) is 5. The van der Waals surface area contributed by atoms with Crippen LogP contribution in [0.3, 0.4) is 0 Å². The molecule has 0 saturated carbocycles. The van der Waals surface area contributed by atoms with E-state index in [2.05, 4.69) is 12.2 Å². The Morgan fingerprint density at radius 2 is 1.34 bits per heavy atom. The van der Waals surface area contributed by atoms with Crippen LogP contribution in [0.1, 0.15) is 84.5 Å². The number of rotatable bonds is 17. The van der Waals surface area contributed by atoms with Crippen LogP contribution >= 0.6 is 0 Å². The van der Waals surface area contributed by atoms with Crippen LogP contribution in [-0.2, 0) is 14.4 Å². The van der Waals surface area contributed by atoms with Crippen molar-refractivity contribution in [2.24, 2.45) is 5.92 Å². The second-order valence-corrected chi connectivity index (χ2v) is 7.48. The maximum Gasteiger partial charge on any atom is 0.298 e. The van der Waals surface area contributed by atoms with Gasteiger partial charge >= 0.3 is 0 Å². The molecule has 0 bridgehead atoms. The Kier molecular flexibility index (Phi) is 13.2. The van der Waals surface area contributed by atoms with Crippen molar-refractivity contribution in [3.8, 4) is 11.5 Å². The first-order valence-corrected chi connectivity index (χ1v) is 10.8. The minimum absolute atomic E-state index is 0.110. The lowest BCUT2D eigenvalue weighted by atomic mass is 10.0. The molecule has 0 aliphatic heterocycles. The smallest absolute Gasteiger partial charge is 0.298 e. The Balaban J connectivity index is 2.30. The Labute approximate surface area is 174 Å². The van der Waals surface area contributed by atoms with Crippen LogP contribution in [-0.4, -0.2) is 18.9 Å². The molecule has 0 aliphatic carbocycles. The summed E-state index contributed by atoms with van der Waals surface area (Å²) in [5, 5.41) is 2.79. The third kappa shape index (κ3) is 11.3. The quantitative estimate of drug-likeness (QED) is 0.268. The van der Waals surface area contributed by atoms with Crippen molar-refractivity contribution in [3.63, 3.8) is 0 Å². The van der Waals surface area contributed by atoms with Crippen molar-refractivity contribution >= 4 is 24.5 Å². The SMILES string of the molecule is CCCCCCCCCCCCC(C)C(=O)Nc1cc(OC=O)cc(OC=O)c1. The average molecular weight is 406 g/mol. The van der Waals surface area contributed by atoms with Gasteiger partial charge in [-0.1, -0.05) is 78.1 Å². The molecular weight excluding hydrogens is 370 g/mol. The molecule has 0 aromatic heterocycles. The van der Waals surface area contributed by atoms with E-state index in [0.717, 1.165) is 19.3 Å². The molecule has 1 atom stereocenters. The van der Waals surface area contributed by atoms with Gasteiger partial charge in [-0.05, 0) is 6.42 Å². The van der Waals surface area contributed by atoms with Gasteiger partial charge in [0.15, 0.2) is 0 Å². The monoisotopic (exact) mass is 405 g/mol. The van der Waals surface area contributed by atoms with Crippen molar-refractivity contribution in [2.75, 3.05) is 5.32 Å². The first-order chi connectivity index (χ1) is 14.1. The molecule has 1 unspecified atom stereocenters. The predicted molar refractivity (Wildman–Crippen MR) is 114 cm³/mol. The minimum Gasteiger partial charge on any atom is -0.429 e. The summed E-state index contributed by atoms with van der Waals surface area (Å²) in [4.78, 5) is 33.5. The second kappa shape index (κ2) is 15.5. The summed E-state index contributed by atoms with van der Waals surface area (Å²) in [5.41, 5.74) is 0.418. The number of nitrogens with one attached hydrogen (secondary N) is 1. The molecule has 1 rings (SSSR count). The summed E-state index contributed by atoms with van der Waals surface area (Å²) in [6.07, 6.45) is 13.5. The van der Waals surface area contributed by atoms with E-state index in [-0.39, 0.29) is 36.3 Å². The molecule has 0 heterocycles. The van der Waals surface area contributed by atoms with Gasteiger partial charge in [-0.2, -0.15) is 0 Å². The lowest BCUT2D eigenvalue weighted by Gasteiger charge is -2.13. The second-order valence-electron chi connectivity index (χ2n) is 7.48. The highest BCUT2D eigenvalue weighted by atomic mass is 16.5. The lowest BCUT2D eigenvalue weighted by molar-refractivity contribution is -0.121. The highest BCUT2D eigenvalue weighted by Crippen LogP contribution is 2.26. The number of carbonyl (C=O) groups excluding carboxylic acids is 3. The van der Waals surface area contributed by atoms with Crippen molar-refractivity contribution < 1.29 is 23.9 Å². The van der Waals surface area contributed by atoms with Crippen LogP contribution in [0.25, 0.3) is 0 Å². The van der Waals surface area contributed by atoms with Gasteiger partial charge in [-0.15, -0.1) is 0 Å². The highest BCUT2D eigenvalue weighted by Gasteiger charge is 2.14. The van der Waals surface area contributed by atoms with Gasteiger partial charge in [-0.3, -0.25) is 14.4 Å². The van der Waals surface area contributed by atoms with Gasteiger partial charge in [0.2, 0.25) is 5.91 Å². The molecule has 0 aliphatic rings. The minimum atomic E-state index is -0.130. The summed E-state index contributed by atoms with van der Waals surface area (Å²) >= 11 is 0. The zero-order valence-electron chi connectivity index (χ0n) is 17.8. The molecule has 0 radical (unpaired) electrons. The zero-order chi connectivity index (χ0) is 21.3. The normalized spacial score (nSPS) is 11.5. The number of carbonyl (C=O) groups is 3. The van der Waals surface area contributed by atoms with Crippen LogP contribution in [0.4, 0.5) is 5.69 Å². The molecule has 0 spiro atoms. The largest absolute Gasteiger partial charge is 0.429 e. The average Bonchev–Trinajstić information content (AvgIpc) is 2.69. The first kappa shape index (κ1) is 24.7. The molecule has 29 heavy (non-hydrogen) atoms. The van der Waals surface area contributed by atoms with E-state index in [0.29, 0.717) is 5.69 Å². The van der Waals surface area contributed by atoms with Gasteiger partial charge in [0, 0.05) is 29.8 Å². The maximum absolute atomic E-state index is 12.4. The Morgan fingerprint density at radius 3 is 1.83 bits per heavy atom. The van der Waals surface area contributed by atoms with E-state index in [9.17, 15) is 14.4 Å². The van der Waals surface area contributed by atoms with Crippen molar-refractivity contribution in [1.82, 2.24) is 0 Å². The van der Waals surface area contributed by atoms with Crippen molar-refractivity contribution in [1.29, 1.82) is 0 Å². The van der Waals surface area contributed by atoms with E-state index < -0.39 is 0 Å². The summed E-state index contributed by atoms with van der Waals surface area (Å²) in [6, 6.07) is 4.42. The number of amides is 1. The topological polar surface area (TPSA) is 81.7 Å². The molecule has 1 amide bonds. The number of benzene rings is 1. The van der Waals surface area contributed by atoms with Crippen LogP contribution in [0, 0.1) is 5.92 Å². The van der Waals surface area contributed by atoms with Gasteiger partial charge in [0.05, 0.1) is 0 Å².